The Morgan fingerprint density at radius 2 is 2.00 bits per heavy atom. The Morgan fingerprint density at radius 1 is 1.22 bits per heavy atom. The predicted octanol–water partition coefficient (Wildman–Crippen LogP) is 2.63. The van der Waals surface area contributed by atoms with Crippen LogP contribution in [0.2, 0.25) is 0 Å². The molecule has 0 spiro atoms. The molecule has 9 heteroatoms. The average Bonchev–Trinajstić information content (AvgIpc) is 2.75. The van der Waals surface area contributed by atoms with Crippen molar-refractivity contribution in [2.24, 2.45) is 0 Å². The minimum Gasteiger partial charge on any atom is -0.506 e. The summed E-state index contributed by atoms with van der Waals surface area (Å²) >= 11 is 0. The Bertz CT molecular complexity index is 1040. The van der Waals surface area contributed by atoms with E-state index in [-0.39, 0.29) is 42.3 Å². The van der Waals surface area contributed by atoms with Crippen LogP contribution in [0.5, 0.6) is 11.5 Å². The van der Waals surface area contributed by atoms with E-state index >= 15 is 0 Å². The SMILES string of the molecule is CC1(C)OC(=O)N(CCCNCC(O)c2ccc(O)c3c2OCC(=O)N3)c2ccccc21. The molecule has 2 aliphatic rings. The van der Waals surface area contributed by atoms with Crippen molar-refractivity contribution in [2.45, 2.75) is 32.0 Å². The smallest absolute Gasteiger partial charge is 0.415 e. The van der Waals surface area contributed by atoms with Crippen molar-refractivity contribution >= 4 is 23.4 Å². The van der Waals surface area contributed by atoms with Gasteiger partial charge >= 0.3 is 6.09 Å². The second kappa shape index (κ2) is 8.68. The number of hydrogen-bond acceptors (Lipinski definition) is 7. The maximum absolute atomic E-state index is 12.5. The van der Waals surface area contributed by atoms with E-state index in [4.69, 9.17) is 9.47 Å². The molecule has 0 saturated heterocycles. The highest BCUT2D eigenvalue weighted by molar-refractivity contribution is 5.97. The number of nitrogens with zero attached hydrogens (tertiary/aromatic N) is 1. The fraction of sp³-hybridized carbons (Fsp3) is 0.391. The van der Waals surface area contributed by atoms with Crippen molar-refractivity contribution in [3.05, 3.63) is 47.5 Å². The lowest BCUT2D eigenvalue weighted by Gasteiger charge is -2.38. The predicted molar refractivity (Wildman–Crippen MR) is 118 cm³/mol. The summed E-state index contributed by atoms with van der Waals surface area (Å²) in [4.78, 5) is 25.6. The van der Waals surface area contributed by atoms with Crippen LogP contribution in [0.15, 0.2) is 36.4 Å². The third-order valence-electron chi connectivity index (χ3n) is 5.62. The molecule has 0 aliphatic carbocycles. The van der Waals surface area contributed by atoms with Gasteiger partial charge in [0.25, 0.3) is 5.91 Å². The molecule has 0 radical (unpaired) electrons. The monoisotopic (exact) mass is 441 g/mol. The van der Waals surface area contributed by atoms with Crippen LogP contribution in [0.3, 0.4) is 0 Å². The molecule has 1 atom stereocenters. The summed E-state index contributed by atoms with van der Waals surface area (Å²) < 4.78 is 11.0. The van der Waals surface area contributed by atoms with Crippen molar-refractivity contribution in [2.75, 3.05) is 36.5 Å². The highest BCUT2D eigenvalue weighted by atomic mass is 16.6. The molecule has 0 aromatic heterocycles. The third-order valence-corrected chi connectivity index (χ3v) is 5.62. The molecule has 2 aromatic rings. The van der Waals surface area contributed by atoms with Gasteiger partial charge in [-0.15, -0.1) is 0 Å². The first-order valence-electron chi connectivity index (χ1n) is 10.6. The molecule has 32 heavy (non-hydrogen) atoms. The van der Waals surface area contributed by atoms with Gasteiger partial charge in [0, 0.05) is 24.2 Å². The molecule has 1 unspecified atom stereocenters. The van der Waals surface area contributed by atoms with Crippen LogP contribution in [0.1, 0.15) is 37.5 Å². The number of fused-ring (bicyclic) bond motifs is 2. The minimum absolute atomic E-state index is 0.117. The summed E-state index contributed by atoms with van der Waals surface area (Å²) in [6, 6.07) is 10.7. The number of carbonyl (C=O) groups excluding carboxylic acids is 2. The number of aliphatic hydroxyl groups is 1. The third kappa shape index (κ3) is 4.21. The highest BCUT2D eigenvalue weighted by Gasteiger charge is 2.37. The van der Waals surface area contributed by atoms with E-state index in [0.29, 0.717) is 25.1 Å². The fourth-order valence-electron chi connectivity index (χ4n) is 4.01. The van der Waals surface area contributed by atoms with E-state index in [1.54, 1.807) is 11.0 Å². The summed E-state index contributed by atoms with van der Waals surface area (Å²) in [5, 5.41) is 26.3. The van der Waals surface area contributed by atoms with Gasteiger partial charge in [0.2, 0.25) is 0 Å². The number of phenolic OH excluding ortho intramolecular Hbond substituents is 1. The molecule has 0 saturated carbocycles. The number of carbonyl (C=O) groups is 2. The Labute approximate surface area is 185 Å². The normalized spacial score (nSPS) is 17.5. The van der Waals surface area contributed by atoms with Gasteiger partial charge in [-0.3, -0.25) is 9.69 Å². The Morgan fingerprint density at radius 3 is 2.81 bits per heavy atom. The van der Waals surface area contributed by atoms with Gasteiger partial charge < -0.3 is 30.3 Å². The topological polar surface area (TPSA) is 120 Å². The first-order valence-corrected chi connectivity index (χ1v) is 10.6. The van der Waals surface area contributed by atoms with E-state index < -0.39 is 11.7 Å². The number of para-hydroxylation sites is 1. The van der Waals surface area contributed by atoms with Gasteiger partial charge in [0.1, 0.15) is 17.0 Å². The van der Waals surface area contributed by atoms with Gasteiger partial charge in [-0.1, -0.05) is 18.2 Å². The second-order valence-corrected chi connectivity index (χ2v) is 8.34. The van der Waals surface area contributed by atoms with Gasteiger partial charge in [-0.2, -0.15) is 0 Å². The molecule has 0 fully saturated rings. The number of cyclic esters (lactones) is 1. The Kier molecular flexibility index (Phi) is 5.94. The van der Waals surface area contributed by atoms with Gasteiger partial charge in [-0.25, -0.2) is 4.79 Å². The zero-order chi connectivity index (χ0) is 22.9. The molecular formula is C23H27N3O6. The molecule has 9 nitrogen and oxygen atoms in total. The van der Waals surface area contributed by atoms with Crippen molar-refractivity contribution in [3.8, 4) is 11.5 Å². The number of aromatic hydroxyl groups is 1. The minimum atomic E-state index is -0.902. The molecule has 2 heterocycles. The zero-order valence-electron chi connectivity index (χ0n) is 18.1. The fourth-order valence-corrected chi connectivity index (χ4v) is 4.01. The number of hydrogen-bond donors (Lipinski definition) is 4. The van der Waals surface area contributed by atoms with Crippen LogP contribution in [-0.4, -0.2) is 48.5 Å². The summed E-state index contributed by atoms with van der Waals surface area (Å²) in [5.74, 6) is -0.207. The average molecular weight is 441 g/mol. The van der Waals surface area contributed by atoms with Gasteiger partial charge in [0.15, 0.2) is 12.4 Å². The van der Waals surface area contributed by atoms with E-state index in [2.05, 4.69) is 10.6 Å². The first-order chi connectivity index (χ1) is 15.3. The Balaban J connectivity index is 1.33. The second-order valence-electron chi connectivity index (χ2n) is 8.34. The van der Waals surface area contributed by atoms with Crippen molar-refractivity contribution in [1.29, 1.82) is 0 Å². The summed E-state index contributed by atoms with van der Waals surface area (Å²) in [6.45, 7) is 4.85. The molecule has 4 N–H and O–H groups in total. The van der Waals surface area contributed by atoms with E-state index in [1.165, 1.54) is 6.07 Å². The van der Waals surface area contributed by atoms with Crippen molar-refractivity contribution < 1.29 is 29.3 Å². The lowest BCUT2D eigenvalue weighted by atomic mass is 9.94. The van der Waals surface area contributed by atoms with Crippen LogP contribution in [-0.2, 0) is 15.1 Å². The summed E-state index contributed by atoms with van der Waals surface area (Å²) in [7, 11) is 0. The molecule has 2 amide bonds. The standard InChI is InChI=1S/C23H27N3O6/c1-23(2)15-6-3-4-7-16(15)26(22(30)32-23)11-5-10-24-12-18(28)14-8-9-17(27)20-21(14)31-13-19(29)25-20/h3-4,6-9,18,24,27-28H,5,10-13H2,1-2H3,(H,25,29). The van der Waals surface area contributed by atoms with Crippen LogP contribution >= 0.6 is 0 Å². The number of nitrogens with one attached hydrogen (secondary N) is 2. The van der Waals surface area contributed by atoms with Crippen molar-refractivity contribution in [3.63, 3.8) is 0 Å². The van der Waals surface area contributed by atoms with Crippen molar-refractivity contribution in [1.82, 2.24) is 5.32 Å². The number of amides is 2. The summed E-state index contributed by atoms with van der Waals surface area (Å²) in [6.07, 6.45) is -0.624. The highest BCUT2D eigenvalue weighted by Crippen LogP contribution is 2.41. The molecular weight excluding hydrogens is 414 g/mol. The number of benzene rings is 2. The number of anilines is 2. The maximum Gasteiger partial charge on any atom is 0.415 e. The van der Waals surface area contributed by atoms with Gasteiger partial charge in [0.05, 0.1) is 11.8 Å². The maximum atomic E-state index is 12.5. The molecule has 0 bridgehead atoms. The quantitative estimate of drug-likeness (QED) is 0.385. The van der Waals surface area contributed by atoms with Crippen LogP contribution in [0.25, 0.3) is 0 Å². The number of aliphatic hydroxyl groups excluding tert-OH is 1. The van der Waals surface area contributed by atoms with Crippen LogP contribution in [0, 0.1) is 0 Å². The van der Waals surface area contributed by atoms with E-state index in [9.17, 15) is 19.8 Å². The first kappa shape index (κ1) is 21.9. The molecule has 170 valence electrons. The van der Waals surface area contributed by atoms with E-state index in [1.807, 2.05) is 38.1 Å². The number of ether oxygens (including phenoxy) is 2. The van der Waals surface area contributed by atoms with Gasteiger partial charge in [-0.05, 0) is 45.0 Å². The zero-order valence-corrected chi connectivity index (χ0v) is 18.1. The van der Waals surface area contributed by atoms with Crippen LogP contribution in [0.4, 0.5) is 16.2 Å². The lowest BCUT2D eigenvalue weighted by molar-refractivity contribution is -0.118. The molecule has 4 rings (SSSR count). The Hall–Kier alpha value is -3.30. The molecule has 2 aliphatic heterocycles. The molecule has 2 aromatic carbocycles. The lowest BCUT2D eigenvalue weighted by Crippen LogP contribution is -2.44. The van der Waals surface area contributed by atoms with E-state index in [0.717, 1.165) is 11.3 Å². The number of phenols is 1. The van der Waals surface area contributed by atoms with Crippen LogP contribution < -0.4 is 20.3 Å². The largest absolute Gasteiger partial charge is 0.506 e. The summed E-state index contributed by atoms with van der Waals surface area (Å²) in [5.41, 5.74) is 1.79. The number of rotatable bonds is 7.